The second-order valence-electron chi connectivity index (χ2n) is 5.51. The van der Waals surface area contributed by atoms with Gasteiger partial charge < -0.3 is 20.6 Å². The standard InChI is InChI=1S/C16H24N2O2/c1-10(8-11(2)19)18-14(9-17)16-12(3)20-15-7-5-4-6-13(15)16/h4-7,10-11,14,18-19H,8-9,17H2,1-3H3. The minimum Gasteiger partial charge on any atom is -0.461 e. The van der Waals surface area contributed by atoms with E-state index in [9.17, 15) is 5.11 Å². The summed E-state index contributed by atoms with van der Waals surface area (Å²) in [6, 6.07) is 8.23. The van der Waals surface area contributed by atoms with Crippen LogP contribution >= 0.6 is 0 Å². The van der Waals surface area contributed by atoms with Gasteiger partial charge in [0.1, 0.15) is 11.3 Å². The summed E-state index contributed by atoms with van der Waals surface area (Å²) >= 11 is 0. The van der Waals surface area contributed by atoms with E-state index < -0.39 is 0 Å². The molecule has 110 valence electrons. The van der Waals surface area contributed by atoms with Crippen LogP contribution in [0.1, 0.15) is 37.6 Å². The van der Waals surface area contributed by atoms with E-state index in [0.717, 1.165) is 22.3 Å². The van der Waals surface area contributed by atoms with E-state index >= 15 is 0 Å². The van der Waals surface area contributed by atoms with E-state index in [4.69, 9.17) is 10.2 Å². The fourth-order valence-electron chi connectivity index (χ4n) is 2.81. The molecule has 2 aromatic rings. The second kappa shape index (κ2) is 6.39. The van der Waals surface area contributed by atoms with Gasteiger partial charge >= 0.3 is 0 Å². The molecule has 1 aromatic carbocycles. The Morgan fingerprint density at radius 1 is 1.30 bits per heavy atom. The zero-order valence-electron chi connectivity index (χ0n) is 12.4. The molecule has 0 spiro atoms. The van der Waals surface area contributed by atoms with Crippen molar-refractivity contribution in [3.05, 3.63) is 35.6 Å². The number of nitrogens with two attached hydrogens (primary N) is 1. The number of aliphatic hydroxyl groups is 1. The zero-order chi connectivity index (χ0) is 14.7. The van der Waals surface area contributed by atoms with Crippen molar-refractivity contribution in [2.45, 2.75) is 45.4 Å². The quantitative estimate of drug-likeness (QED) is 0.758. The molecule has 4 heteroatoms. The molecule has 2 rings (SSSR count). The second-order valence-corrected chi connectivity index (χ2v) is 5.51. The Kier molecular flexibility index (Phi) is 4.81. The lowest BCUT2D eigenvalue weighted by atomic mass is 10.0. The van der Waals surface area contributed by atoms with Crippen molar-refractivity contribution in [2.75, 3.05) is 6.54 Å². The first-order valence-electron chi connectivity index (χ1n) is 7.15. The molecule has 3 unspecified atom stereocenters. The molecule has 0 bridgehead atoms. The molecular weight excluding hydrogens is 252 g/mol. The maximum Gasteiger partial charge on any atom is 0.134 e. The van der Waals surface area contributed by atoms with Crippen molar-refractivity contribution in [3.8, 4) is 0 Å². The van der Waals surface area contributed by atoms with Crippen molar-refractivity contribution >= 4 is 11.0 Å². The van der Waals surface area contributed by atoms with E-state index in [1.165, 1.54) is 0 Å². The molecule has 0 fully saturated rings. The van der Waals surface area contributed by atoms with Crippen LogP contribution in [0.25, 0.3) is 11.0 Å². The predicted molar refractivity (Wildman–Crippen MR) is 81.6 cm³/mol. The topological polar surface area (TPSA) is 71.4 Å². The number of aryl methyl sites for hydroxylation is 1. The highest BCUT2D eigenvalue weighted by Crippen LogP contribution is 2.30. The van der Waals surface area contributed by atoms with Crippen molar-refractivity contribution in [3.63, 3.8) is 0 Å². The Balaban J connectivity index is 2.27. The molecule has 0 saturated carbocycles. The first kappa shape index (κ1) is 15.0. The monoisotopic (exact) mass is 276 g/mol. The van der Waals surface area contributed by atoms with Crippen LogP contribution in [0.15, 0.2) is 28.7 Å². The average Bonchev–Trinajstić information content (AvgIpc) is 2.71. The van der Waals surface area contributed by atoms with Gasteiger partial charge in [0.25, 0.3) is 0 Å². The van der Waals surface area contributed by atoms with Crippen LogP contribution in [0.5, 0.6) is 0 Å². The van der Waals surface area contributed by atoms with Gasteiger partial charge in [-0.05, 0) is 33.3 Å². The molecule has 3 atom stereocenters. The van der Waals surface area contributed by atoms with Gasteiger partial charge in [-0.15, -0.1) is 0 Å². The highest BCUT2D eigenvalue weighted by molar-refractivity contribution is 5.82. The third-order valence-electron chi connectivity index (χ3n) is 3.58. The molecule has 0 aliphatic carbocycles. The summed E-state index contributed by atoms with van der Waals surface area (Å²) in [6.07, 6.45) is 0.379. The van der Waals surface area contributed by atoms with Gasteiger partial charge in [-0.25, -0.2) is 0 Å². The van der Waals surface area contributed by atoms with Crippen LogP contribution in [0.4, 0.5) is 0 Å². The molecule has 0 aliphatic rings. The minimum absolute atomic E-state index is 0.0346. The van der Waals surface area contributed by atoms with Gasteiger partial charge in [0.2, 0.25) is 0 Å². The third-order valence-corrected chi connectivity index (χ3v) is 3.58. The molecule has 0 aliphatic heterocycles. The molecular formula is C16H24N2O2. The van der Waals surface area contributed by atoms with Crippen LogP contribution in [-0.2, 0) is 0 Å². The van der Waals surface area contributed by atoms with Crippen molar-refractivity contribution in [2.24, 2.45) is 5.73 Å². The number of furan rings is 1. The average molecular weight is 276 g/mol. The normalized spacial score (nSPS) is 16.2. The number of hydrogen-bond donors (Lipinski definition) is 3. The zero-order valence-corrected chi connectivity index (χ0v) is 12.4. The number of para-hydroxylation sites is 1. The van der Waals surface area contributed by atoms with Crippen LogP contribution in [0.2, 0.25) is 0 Å². The molecule has 1 heterocycles. The third kappa shape index (κ3) is 3.20. The summed E-state index contributed by atoms with van der Waals surface area (Å²) < 4.78 is 5.80. The summed E-state index contributed by atoms with van der Waals surface area (Å²) in [6.45, 7) is 6.33. The number of benzene rings is 1. The Morgan fingerprint density at radius 3 is 2.65 bits per heavy atom. The van der Waals surface area contributed by atoms with E-state index in [1.54, 1.807) is 6.92 Å². The molecule has 0 amide bonds. The highest BCUT2D eigenvalue weighted by Gasteiger charge is 2.21. The van der Waals surface area contributed by atoms with Gasteiger partial charge in [-0.1, -0.05) is 18.2 Å². The van der Waals surface area contributed by atoms with Crippen LogP contribution in [-0.4, -0.2) is 23.8 Å². The predicted octanol–water partition coefficient (Wildman–Crippen LogP) is 2.49. The van der Waals surface area contributed by atoms with Gasteiger partial charge in [-0.2, -0.15) is 0 Å². The Hall–Kier alpha value is -1.36. The van der Waals surface area contributed by atoms with Crippen LogP contribution in [0.3, 0.4) is 0 Å². The first-order chi connectivity index (χ1) is 9.52. The van der Waals surface area contributed by atoms with Gasteiger partial charge in [-0.3, -0.25) is 0 Å². The summed E-state index contributed by atoms with van der Waals surface area (Å²) in [7, 11) is 0. The molecule has 1 aromatic heterocycles. The van der Waals surface area contributed by atoms with Crippen molar-refractivity contribution in [1.82, 2.24) is 5.32 Å². The minimum atomic E-state index is -0.321. The Morgan fingerprint density at radius 2 is 2.00 bits per heavy atom. The van der Waals surface area contributed by atoms with Crippen LogP contribution in [0, 0.1) is 6.92 Å². The number of nitrogens with one attached hydrogen (secondary N) is 1. The van der Waals surface area contributed by atoms with Crippen LogP contribution < -0.4 is 11.1 Å². The molecule has 0 radical (unpaired) electrons. The molecule has 4 N–H and O–H groups in total. The fraction of sp³-hybridized carbons (Fsp3) is 0.500. The van der Waals surface area contributed by atoms with E-state index in [0.29, 0.717) is 13.0 Å². The van der Waals surface area contributed by atoms with E-state index in [1.807, 2.05) is 25.1 Å². The van der Waals surface area contributed by atoms with E-state index in [2.05, 4.69) is 18.3 Å². The maximum atomic E-state index is 9.48. The smallest absolute Gasteiger partial charge is 0.134 e. The number of fused-ring (bicyclic) bond motifs is 1. The number of hydrogen-bond acceptors (Lipinski definition) is 4. The molecule has 0 saturated heterocycles. The number of aliphatic hydroxyl groups excluding tert-OH is 1. The van der Waals surface area contributed by atoms with Gasteiger partial charge in [0, 0.05) is 29.6 Å². The molecule has 4 nitrogen and oxygen atoms in total. The SMILES string of the molecule is Cc1oc2ccccc2c1C(CN)NC(C)CC(C)O. The highest BCUT2D eigenvalue weighted by atomic mass is 16.3. The summed E-state index contributed by atoms with van der Waals surface area (Å²) in [4.78, 5) is 0. The first-order valence-corrected chi connectivity index (χ1v) is 7.15. The Bertz CT molecular complexity index is 563. The summed E-state index contributed by atoms with van der Waals surface area (Å²) in [5.74, 6) is 0.901. The van der Waals surface area contributed by atoms with Gasteiger partial charge in [0.15, 0.2) is 0 Å². The van der Waals surface area contributed by atoms with Crippen molar-refractivity contribution < 1.29 is 9.52 Å². The summed E-state index contributed by atoms with van der Waals surface area (Å²) in [5.41, 5.74) is 7.95. The lowest BCUT2D eigenvalue weighted by molar-refractivity contribution is 0.168. The molecule has 20 heavy (non-hydrogen) atoms. The summed E-state index contributed by atoms with van der Waals surface area (Å²) in [5, 5.41) is 14.1. The lowest BCUT2D eigenvalue weighted by Crippen LogP contribution is -2.36. The fourth-order valence-corrected chi connectivity index (χ4v) is 2.81. The van der Waals surface area contributed by atoms with E-state index in [-0.39, 0.29) is 18.2 Å². The lowest BCUT2D eigenvalue weighted by Gasteiger charge is -2.23. The number of rotatable bonds is 6. The maximum absolute atomic E-state index is 9.48. The van der Waals surface area contributed by atoms with Crippen molar-refractivity contribution in [1.29, 1.82) is 0 Å². The largest absolute Gasteiger partial charge is 0.461 e. The Labute approximate surface area is 120 Å². The van der Waals surface area contributed by atoms with Gasteiger partial charge in [0.05, 0.1) is 6.10 Å².